The Hall–Kier alpha value is -0.810. The number of nitrogens with two attached hydrogens (primary N) is 1. The van der Waals surface area contributed by atoms with Crippen LogP contribution in [0.2, 0.25) is 0 Å². The third-order valence-corrected chi connectivity index (χ3v) is 4.00. The van der Waals surface area contributed by atoms with Crippen LogP contribution in [0.15, 0.2) is 0 Å². The Morgan fingerprint density at radius 1 is 1.18 bits per heavy atom. The van der Waals surface area contributed by atoms with Crippen molar-refractivity contribution >= 4 is 6.03 Å². The molecule has 2 aliphatic heterocycles. The van der Waals surface area contributed by atoms with E-state index in [1.165, 1.54) is 19.3 Å². The third-order valence-electron chi connectivity index (χ3n) is 4.00. The summed E-state index contributed by atoms with van der Waals surface area (Å²) in [6.07, 6.45) is 4.85. The molecule has 5 heteroatoms. The van der Waals surface area contributed by atoms with Gasteiger partial charge >= 0.3 is 6.03 Å². The number of piperazine rings is 1. The van der Waals surface area contributed by atoms with E-state index in [0.717, 1.165) is 45.1 Å². The fourth-order valence-corrected chi connectivity index (χ4v) is 2.91. The van der Waals surface area contributed by atoms with Gasteiger partial charge in [0.1, 0.15) is 0 Å². The molecule has 0 aromatic carbocycles. The van der Waals surface area contributed by atoms with Crippen molar-refractivity contribution in [2.75, 3.05) is 32.7 Å². The number of nitrogens with one attached hydrogen (secondary N) is 2. The summed E-state index contributed by atoms with van der Waals surface area (Å²) in [5.74, 6) is 0.827. The molecule has 2 aliphatic rings. The minimum Gasteiger partial charge on any atom is -0.351 e. The molecule has 5 nitrogen and oxygen atoms in total. The first-order valence-electron chi connectivity index (χ1n) is 6.75. The van der Waals surface area contributed by atoms with Gasteiger partial charge in [-0.15, -0.1) is 0 Å². The van der Waals surface area contributed by atoms with Gasteiger partial charge in [0.25, 0.3) is 0 Å². The van der Waals surface area contributed by atoms with Gasteiger partial charge in [0.2, 0.25) is 0 Å². The number of primary amides is 1. The number of rotatable bonds is 3. The molecule has 0 radical (unpaired) electrons. The van der Waals surface area contributed by atoms with Gasteiger partial charge in [-0.05, 0) is 44.7 Å². The van der Waals surface area contributed by atoms with Crippen molar-refractivity contribution in [3.63, 3.8) is 0 Å². The highest BCUT2D eigenvalue weighted by atomic mass is 16.2. The standard InChI is InChI=1S/C12H24N4O/c13-12(17)16-8-7-15-9-11(16)2-1-10-3-5-14-6-4-10/h10-11,14-15H,1-9H2,(H2,13,17). The van der Waals surface area contributed by atoms with Gasteiger partial charge in [-0.3, -0.25) is 0 Å². The second-order valence-corrected chi connectivity index (χ2v) is 5.16. The molecule has 2 saturated heterocycles. The van der Waals surface area contributed by atoms with Gasteiger partial charge in [0, 0.05) is 25.7 Å². The Kier molecular flexibility index (Phi) is 4.62. The molecule has 0 aromatic heterocycles. The van der Waals surface area contributed by atoms with Crippen LogP contribution in [0.25, 0.3) is 0 Å². The summed E-state index contributed by atoms with van der Waals surface area (Å²) in [7, 11) is 0. The first kappa shape index (κ1) is 12.6. The highest BCUT2D eigenvalue weighted by Gasteiger charge is 2.25. The molecule has 2 amide bonds. The summed E-state index contributed by atoms with van der Waals surface area (Å²) < 4.78 is 0. The largest absolute Gasteiger partial charge is 0.351 e. The normalized spacial score (nSPS) is 27.1. The van der Waals surface area contributed by atoms with Crippen molar-refractivity contribution in [1.29, 1.82) is 0 Å². The molecule has 0 aromatic rings. The highest BCUT2D eigenvalue weighted by Crippen LogP contribution is 2.20. The number of hydrogen-bond acceptors (Lipinski definition) is 3. The lowest BCUT2D eigenvalue weighted by Crippen LogP contribution is -2.55. The molecule has 98 valence electrons. The summed E-state index contributed by atoms with van der Waals surface area (Å²) in [6.45, 7) is 4.81. The second kappa shape index (κ2) is 6.21. The smallest absolute Gasteiger partial charge is 0.315 e. The molecule has 2 heterocycles. The first-order valence-corrected chi connectivity index (χ1v) is 6.75. The summed E-state index contributed by atoms with van der Waals surface area (Å²) in [4.78, 5) is 13.2. The van der Waals surface area contributed by atoms with E-state index in [0.29, 0.717) is 6.04 Å². The summed E-state index contributed by atoms with van der Waals surface area (Å²) in [6, 6.07) is 0.0398. The molecule has 4 N–H and O–H groups in total. The molecule has 0 saturated carbocycles. The van der Waals surface area contributed by atoms with Crippen molar-refractivity contribution in [3.8, 4) is 0 Å². The van der Waals surface area contributed by atoms with E-state index in [2.05, 4.69) is 10.6 Å². The fourth-order valence-electron chi connectivity index (χ4n) is 2.91. The van der Waals surface area contributed by atoms with Crippen LogP contribution in [0.4, 0.5) is 4.79 Å². The lowest BCUT2D eigenvalue weighted by atomic mass is 9.91. The summed E-state index contributed by atoms with van der Waals surface area (Å²) in [5, 5.41) is 6.73. The Morgan fingerprint density at radius 2 is 1.94 bits per heavy atom. The predicted octanol–water partition coefficient (Wildman–Crippen LogP) is 0.119. The zero-order valence-electron chi connectivity index (χ0n) is 10.5. The van der Waals surface area contributed by atoms with Crippen LogP contribution in [0.3, 0.4) is 0 Å². The van der Waals surface area contributed by atoms with Crippen LogP contribution in [-0.2, 0) is 0 Å². The van der Waals surface area contributed by atoms with Crippen molar-refractivity contribution in [2.45, 2.75) is 31.7 Å². The summed E-state index contributed by atoms with van der Waals surface area (Å²) in [5.41, 5.74) is 5.42. The van der Waals surface area contributed by atoms with Crippen molar-refractivity contribution in [2.24, 2.45) is 11.7 Å². The number of carbonyl (C=O) groups is 1. The quantitative estimate of drug-likeness (QED) is 0.656. The van der Waals surface area contributed by atoms with E-state index < -0.39 is 0 Å². The molecular weight excluding hydrogens is 216 g/mol. The third kappa shape index (κ3) is 3.57. The average molecular weight is 240 g/mol. The number of carbonyl (C=O) groups excluding carboxylic acids is 1. The molecule has 1 atom stereocenters. The SMILES string of the molecule is NC(=O)N1CCNCC1CCC1CCNCC1. The molecule has 0 bridgehead atoms. The molecule has 0 aliphatic carbocycles. The Bertz CT molecular complexity index is 253. The van der Waals surface area contributed by atoms with Gasteiger partial charge in [-0.1, -0.05) is 0 Å². The average Bonchev–Trinajstić information content (AvgIpc) is 2.38. The van der Waals surface area contributed by atoms with Crippen molar-refractivity contribution < 1.29 is 4.79 Å². The van der Waals surface area contributed by atoms with Crippen LogP contribution in [0.5, 0.6) is 0 Å². The van der Waals surface area contributed by atoms with E-state index in [9.17, 15) is 4.79 Å². The zero-order valence-corrected chi connectivity index (χ0v) is 10.5. The van der Waals surface area contributed by atoms with Crippen LogP contribution in [0.1, 0.15) is 25.7 Å². The van der Waals surface area contributed by atoms with Crippen LogP contribution in [-0.4, -0.2) is 49.7 Å². The summed E-state index contributed by atoms with van der Waals surface area (Å²) >= 11 is 0. The van der Waals surface area contributed by atoms with E-state index in [1.54, 1.807) is 0 Å². The van der Waals surface area contributed by atoms with Gasteiger partial charge < -0.3 is 21.3 Å². The Morgan fingerprint density at radius 3 is 2.65 bits per heavy atom. The maximum absolute atomic E-state index is 11.3. The van der Waals surface area contributed by atoms with E-state index in [-0.39, 0.29) is 6.03 Å². The second-order valence-electron chi connectivity index (χ2n) is 5.16. The number of hydrogen-bond donors (Lipinski definition) is 3. The molecular formula is C12H24N4O. The maximum Gasteiger partial charge on any atom is 0.315 e. The number of nitrogens with zero attached hydrogens (tertiary/aromatic N) is 1. The Balaban J connectivity index is 1.77. The highest BCUT2D eigenvalue weighted by molar-refractivity contribution is 5.72. The topological polar surface area (TPSA) is 70.4 Å². The van der Waals surface area contributed by atoms with Crippen LogP contribution >= 0.6 is 0 Å². The number of amides is 2. The number of piperidine rings is 1. The van der Waals surface area contributed by atoms with Crippen LogP contribution < -0.4 is 16.4 Å². The van der Waals surface area contributed by atoms with Gasteiger partial charge in [0.15, 0.2) is 0 Å². The molecule has 0 spiro atoms. The molecule has 17 heavy (non-hydrogen) atoms. The molecule has 2 fully saturated rings. The fraction of sp³-hybridized carbons (Fsp3) is 0.917. The lowest BCUT2D eigenvalue weighted by Gasteiger charge is -2.36. The van der Waals surface area contributed by atoms with Crippen molar-refractivity contribution in [1.82, 2.24) is 15.5 Å². The first-order chi connectivity index (χ1) is 8.27. The molecule has 1 unspecified atom stereocenters. The Labute approximate surface area is 103 Å². The number of urea groups is 1. The lowest BCUT2D eigenvalue weighted by molar-refractivity contribution is 0.155. The van der Waals surface area contributed by atoms with Crippen molar-refractivity contribution in [3.05, 3.63) is 0 Å². The zero-order chi connectivity index (χ0) is 12.1. The van der Waals surface area contributed by atoms with E-state index in [1.807, 2.05) is 4.90 Å². The van der Waals surface area contributed by atoms with Crippen LogP contribution in [0, 0.1) is 5.92 Å². The van der Waals surface area contributed by atoms with Gasteiger partial charge in [-0.2, -0.15) is 0 Å². The minimum atomic E-state index is -0.262. The minimum absolute atomic E-state index is 0.262. The van der Waals surface area contributed by atoms with E-state index in [4.69, 9.17) is 5.73 Å². The monoisotopic (exact) mass is 240 g/mol. The predicted molar refractivity (Wildman–Crippen MR) is 67.8 cm³/mol. The maximum atomic E-state index is 11.3. The van der Waals surface area contributed by atoms with Gasteiger partial charge in [-0.25, -0.2) is 4.79 Å². The molecule has 2 rings (SSSR count). The van der Waals surface area contributed by atoms with Gasteiger partial charge in [0.05, 0.1) is 0 Å². The van der Waals surface area contributed by atoms with E-state index >= 15 is 0 Å².